The fourth-order valence-corrected chi connectivity index (χ4v) is 4.30. The minimum Gasteiger partial charge on any atom is -0.312 e. The summed E-state index contributed by atoms with van der Waals surface area (Å²) in [5.41, 5.74) is 4.64. The molecule has 7 heteroatoms. The second kappa shape index (κ2) is 10.5. The molecule has 0 unspecified atom stereocenters. The van der Waals surface area contributed by atoms with Crippen molar-refractivity contribution in [3.8, 4) is 11.1 Å². The Bertz CT molecular complexity index is 1440. The number of halogens is 2. The fraction of sp³-hybridized carbons (Fsp3) is 0.111. The van der Waals surface area contributed by atoms with E-state index in [1.54, 1.807) is 41.6 Å². The Hall–Kier alpha value is -2.99. The molecule has 4 nitrogen and oxygen atoms in total. The number of pyridine rings is 1. The third-order valence-corrected chi connectivity index (χ3v) is 6.18. The van der Waals surface area contributed by atoms with Crippen LogP contribution in [-0.4, -0.2) is 22.3 Å². The SMILES string of the molecule is CN(S)C=N/C=C/[C@@H](c1ccc(Cl)cc1)c1ccc2c(c1)c(-c1cccc(Cl)c1)cc(=O)n2C. The molecule has 0 aliphatic heterocycles. The highest BCUT2D eigenvalue weighted by Crippen LogP contribution is 2.34. The van der Waals surface area contributed by atoms with Crippen molar-refractivity contribution in [3.05, 3.63) is 117 Å². The van der Waals surface area contributed by atoms with Gasteiger partial charge in [0.25, 0.3) is 5.56 Å². The summed E-state index contributed by atoms with van der Waals surface area (Å²) in [6.45, 7) is 0. The fourth-order valence-electron chi connectivity index (χ4n) is 3.92. The first-order valence-corrected chi connectivity index (χ1v) is 11.8. The zero-order chi connectivity index (χ0) is 24.2. The number of benzene rings is 3. The van der Waals surface area contributed by atoms with E-state index in [1.807, 2.05) is 66.7 Å². The summed E-state index contributed by atoms with van der Waals surface area (Å²) >= 11 is 16.6. The summed E-state index contributed by atoms with van der Waals surface area (Å²) in [4.78, 5) is 17.0. The average molecular weight is 508 g/mol. The predicted molar refractivity (Wildman–Crippen MR) is 147 cm³/mol. The molecule has 0 saturated carbocycles. The highest BCUT2D eigenvalue weighted by atomic mass is 35.5. The van der Waals surface area contributed by atoms with Gasteiger partial charge in [-0.15, -0.1) is 0 Å². The molecule has 0 fully saturated rings. The monoisotopic (exact) mass is 507 g/mol. The summed E-state index contributed by atoms with van der Waals surface area (Å²) < 4.78 is 3.24. The number of aryl methyl sites for hydroxylation is 1. The summed E-state index contributed by atoms with van der Waals surface area (Å²) in [7, 11) is 3.58. The van der Waals surface area contributed by atoms with E-state index < -0.39 is 0 Å². The van der Waals surface area contributed by atoms with Gasteiger partial charge in [-0.05, 0) is 58.7 Å². The number of aromatic nitrogens is 1. The van der Waals surface area contributed by atoms with Crippen LogP contribution in [0.5, 0.6) is 0 Å². The molecule has 34 heavy (non-hydrogen) atoms. The molecule has 0 radical (unpaired) electrons. The maximum absolute atomic E-state index is 12.7. The second-order valence-corrected chi connectivity index (χ2v) is 9.45. The van der Waals surface area contributed by atoms with Crippen molar-refractivity contribution in [2.45, 2.75) is 5.92 Å². The maximum atomic E-state index is 12.7. The van der Waals surface area contributed by atoms with Crippen molar-refractivity contribution in [1.82, 2.24) is 8.87 Å². The highest BCUT2D eigenvalue weighted by Gasteiger charge is 2.15. The van der Waals surface area contributed by atoms with Gasteiger partial charge in [-0.2, -0.15) is 0 Å². The van der Waals surface area contributed by atoms with Gasteiger partial charge in [0.2, 0.25) is 0 Å². The number of allylic oxidation sites excluding steroid dienone is 1. The van der Waals surface area contributed by atoms with Gasteiger partial charge in [-0.1, -0.05) is 72.4 Å². The lowest BCUT2D eigenvalue weighted by Gasteiger charge is -2.17. The zero-order valence-corrected chi connectivity index (χ0v) is 21.1. The Morgan fingerprint density at radius 2 is 1.71 bits per heavy atom. The van der Waals surface area contributed by atoms with Crippen LogP contribution >= 0.6 is 36.0 Å². The maximum Gasteiger partial charge on any atom is 0.251 e. The molecule has 1 heterocycles. The van der Waals surface area contributed by atoms with Crippen LogP contribution < -0.4 is 5.56 Å². The van der Waals surface area contributed by atoms with E-state index in [0.717, 1.165) is 33.2 Å². The number of hydrogen-bond donors (Lipinski definition) is 1. The molecule has 172 valence electrons. The third kappa shape index (κ3) is 5.39. The van der Waals surface area contributed by atoms with Gasteiger partial charge in [0.05, 0.1) is 11.9 Å². The Kier molecular flexibility index (Phi) is 7.47. The normalized spacial score (nSPS) is 12.6. The molecule has 0 bridgehead atoms. The van der Waals surface area contributed by atoms with Crippen molar-refractivity contribution in [2.24, 2.45) is 12.0 Å². The largest absolute Gasteiger partial charge is 0.312 e. The molecule has 0 spiro atoms. The molecule has 0 amide bonds. The van der Waals surface area contributed by atoms with Crippen molar-refractivity contribution >= 4 is 53.3 Å². The van der Waals surface area contributed by atoms with Crippen LogP contribution in [0.2, 0.25) is 10.0 Å². The topological polar surface area (TPSA) is 37.6 Å². The van der Waals surface area contributed by atoms with E-state index in [9.17, 15) is 4.79 Å². The highest BCUT2D eigenvalue weighted by molar-refractivity contribution is 7.78. The summed E-state index contributed by atoms with van der Waals surface area (Å²) in [5, 5.41) is 2.27. The van der Waals surface area contributed by atoms with Crippen LogP contribution in [-0.2, 0) is 7.05 Å². The molecule has 0 N–H and O–H groups in total. The Morgan fingerprint density at radius 1 is 0.971 bits per heavy atom. The van der Waals surface area contributed by atoms with Crippen LogP contribution in [0.1, 0.15) is 17.0 Å². The van der Waals surface area contributed by atoms with Gasteiger partial charge < -0.3 is 8.87 Å². The molecule has 0 aliphatic carbocycles. The molecule has 3 aromatic carbocycles. The predicted octanol–water partition coefficient (Wildman–Crippen LogP) is 6.96. The van der Waals surface area contributed by atoms with Crippen molar-refractivity contribution < 1.29 is 0 Å². The van der Waals surface area contributed by atoms with Crippen molar-refractivity contribution in [3.63, 3.8) is 0 Å². The lowest BCUT2D eigenvalue weighted by Crippen LogP contribution is -2.16. The molecule has 4 rings (SSSR count). The molecular formula is C27H23Cl2N3OS. The van der Waals surface area contributed by atoms with Gasteiger partial charge in [-0.3, -0.25) is 4.79 Å². The van der Waals surface area contributed by atoms with Gasteiger partial charge in [0, 0.05) is 47.7 Å². The number of hydrogen-bond acceptors (Lipinski definition) is 3. The Morgan fingerprint density at radius 3 is 2.41 bits per heavy atom. The number of fused-ring (bicyclic) bond motifs is 1. The summed E-state index contributed by atoms with van der Waals surface area (Å²) in [6, 6.07) is 23.2. The standard InChI is InChI=1S/C27H23Cl2N3OS/c1-31(34)17-30-13-12-23(18-6-9-21(28)10-7-18)20-8-11-26-25(15-20)24(16-27(33)32(26)2)19-4-3-5-22(29)14-19/h3-17,23,34H,1-2H3/b13-12+,30-17?/t23-/m0/s1. The molecule has 0 saturated heterocycles. The molecule has 4 aromatic rings. The van der Waals surface area contributed by atoms with E-state index in [0.29, 0.717) is 10.0 Å². The minimum atomic E-state index is -0.0755. The van der Waals surface area contributed by atoms with E-state index in [2.05, 4.69) is 23.9 Å². The zero-order valence-electron chi connectivity index (χ0n) is 18.7. The van der Waals surface area contributed by atoms with Crippen LogP contribution in [0.3, 0.4) is 0 Å². The van der Waals surface area contributed by atoms with Crippen LogP contribution in [0, 0.1) is 0 Å². The summed E-state index contributed by atoms with van der Waals surface area (Å²) in [5.74, 6) is -0.0755. The van der Waals surface area contributed by atoms with Crippen molar-refractivity contribution in [2.75, 3.05) is 7.05 Å². The molecule has 0 aliphatic rings. The first-order valence-electron chi connectivity index (χ1n) is 10.6. The first-order chi connectivity index (χ1) is 16.3. The quantitative estimate of drug-likeness (QED) is 0.174. The van der Waals surface area contributed by atoms with Crippen LogP contribution in [0.25, 0.3) is 22.0 Å². The summed E-state index contributed by atoms with van der Waals surface area (Å²) in [6.07, 6.45) is 5.40. The van der Waals surface area contributed by atoms with Gasteiger partial charge in [-0.25, -0.2) is 4.99 Å². The van der Waals surface area contributed by atoms with Crippen LogP contribution in [0.15, 0.2) is 94.9 Å². The Labute approximate surface area is 214 Å². The van der Waals surface area contributed by atoms with E-state index >= 15 is 0 Å². The van der Waals surface area contributed by atoms with E-state index in [1.165, 1.54) is 0 Å². The first kappa shape index (κ1) is 24.1. The lowest BCUT2D eigenvalue weighted by atomic mass is 9.89. The second-order valence-electron chi connectivity index (χ2n) is 7.95. The molecule has 1 aromatic heterocycles. The van der Waals surface area contributed by atoms with Crippen LogP contribution in [0.4, 0.5) is 0 Å². The number of rotatable bonds is 6. The van der Waals surface area contributed by atoms with E-state index in [4.69, 9.17) is 23.2 Å². The minimum absolute atomic E-state index is 0.0745. The number of aliphatic imine (C=N–C) groups is 1. The van der Waals surface area contributed by atoms with Crippen molar-refractivity contribution in [1.29, 1.82) is 0 Å². The smallest absolute Gasteiger partial charge is 0.251 e. The molecular weight excluding hydrogens is 485 g/mol. The van der Waals surface area contributed by atoms with Gasteiger partial charge >= 0.3 is 0 Å². The average Bonchev–Trinajstić information content (AvgIpc) is 2.82. The third-order valence-electron chi connectivity index (χ3n) is 5.59. The van der Waals surface area contributed by atoms with Gasteiger partial charge in [0.1, 0.15) is 0 Å². The number of thiol groups is 1. The van der Waals surface area contributed by atoms with Gasteiger partial charge in [0.15, 0.2) is 0 Å². The lowest BCUT2D eigenvalue weighted by molar-refractivity contribution is 0.883. The Balaban J connectivity index is 1.91. The number of nitrogens with zero attached hydrogens (tertiary/aromatic N) is 3. The molecule has 1 atom stereocenters. The van der Waals surface area contributed by atoms with E-state index in [-0.39, 0.29) is 11.5 Å².